The number of rotatable bonds is 6. The number of nitrogens with one attached hydrogen (secondary N) is 1. The Morgan fingerprint density at radius 1 is 1.14 bits per heavy atom. The van der Waals surface area contributed by atoms with Gasteiger partial charge in [-0.3, -0.25) is 4.79 Å². The van der Waals surface area contributed by atoms with Gasteiger partial charge < -0.3 is 5.32 Å². The van der Waals surface area contributed by atoms with Gasteiger partial charge in [0.25, 0.3) is 0 Å². The molecule has 0 atom stereocenters. The zero-order valence-electron chi connectivity index (χ0n) is 12.5. The fourth-order valence-electron chi connectivity index (χ4n) is 2.01. The van der Waals surface area contributed by atoms with Crippen LogP contribution in [0.5, 0.6) is 0 Å². The van der Waals surface area contributed by atoms with Gasteiger partial charge in [0.15, 0.2) is 5.82 Å². The molecule has 4 heteroatoms. The van der Waals surface area contributed by atoms with Crippen LogP contribution in [0.4, 0.5) is 0 Å². The largest absolute Gasteiger partial charge is 0.356 e. The smallest absolute Gasteiger partial charge is 0.220 e. The van der Waals surface area contributed by atoms with E-state index in [1.165, 1.54) is 0 Å². The second kappa shape index (κ2) is 7.53. The predicted molar refractivity (Wildman–Crippen MR) is 83.6 cm³/mol. The molecule has 4 nitrogen and oxygen atoms in total. The van der Waals surface area contributed by atoms with Crippen molar-refractivity contribution in [1.82, 2.24) is 15.3 Å². The van der Waals surface area contributed by atoms with Crippen molar-refractivity contribution >= 4 is 5.91 Å². The van der Waals surface area contributed by atoms with Crippen LogP contribution in [0, 0.1) is 5.92 Å². The predicted octanol–water partition coefficient (Wildman–Crippen LogP) is 2.85. The maximum absolute atomic E-state index is 11.5. The molecule has 110 valence electrons. The van der Waals surface area contributed by atoms with Crippen molar-refractivity contribution < 1.29 is 4.79 Å². The van der Waals surface area contributed by atoms with Crippen molar-refractivity contribution in [2.45, 2.75) is 26.7 Å². The lowest BCUT2D eigenvalue weighted by atomic mass is 10.1. The molecule has 0 aliphatic rings. The average Bonchev–Trinajstić information content (AvgIpc) is 2.48. The van der Waals surface area contributed by atoms with E-state index in [1.54, 1.807) is 0 Å². The summed E-state index contributed by atoms with van der Waals surface area (Å²) < 4.78 is 0. The maximum Gasteiger partial charge on any atom is 0.220 e. The summed E-state index contributed by atoms with van der Waals surface area (Å²) in [5.74, 6) is 1.22. The monoisotopic (exact) mass is 283 g/mol. The first-order valence-corrected chi connectivity index (χ1v) is 7.28. The number of hydrogen-bond donors (Lipinski definition) is 1. The summed E-state index contributed by atoms with van der Waals surface area (Å²) in [6, 6.07) is 9.88. The number of nitrogens with zero attached hydrogens (tertiary/aromatic N) is 2. The van der Waals surface area contributed by atoms with Crippen LogP contribution < -0.4 is 5.32 Å². The first-order valence-electron chi connectivity index (χ1n) is 7.28. The molecule has 0 bridgehead atoms. The van der Waals surface area contributed by atoms with Crippen LogP contribution in [0.15, 0.2) is 42.7 Å². The SMILES string of the molecule is CC(C)CC(=O)NCCc1cnc(-c2ccccc2)nc1. The van der Waals surface area contributed by atoms with Crippen molar-refractivity contribution in [3.8, 4) is 11.4 Å². The molecule has 1 heterocycles. The van der Waals surface area contributed by atoms with Gasteiger partial charge in [-0.15, -0.1) is 0 Å². The van der Waals surface area contributed by atoms with Gasteiger partial charge in [-0.25, -0.2) is 9.97 Å². The van der Waals surface area contributed by atoms with E-state index in [0.29, 0.717) is 18.9 Å². The minimum absolute atomic E-state index is 0.104. The van der Waals surface area contributed by atoms with Gasteiger partial charge in [0.05, 0.1) is 0 Å². The van der Waals surface area contributed by atoms with E-state index in [1.807, 2.05) is 56.6 Å². The number of aromatic nitrogens is 2. The summed E-state index contributed by atoms with van der Waals surface area (Å²) in [4.78, 5) is 20.3. The van der Waals surface area contributed by atoms with E-state index in [0.717, 1.165) is 23.4 Å². The lowest BCUT2D eigenvalue weighted by Gasteiger charge is -2.07. The number of benzene rings is 1. The zero-order chi connectivity index (χ0) is 15.1. The van der Waals surface area contributed by atoms with E-state index in [4.69, 9.17) is 0 Å². The van der Waals surface area contributed by atoms with Crippen molar-refractivity contribution in [1.29, 1.82) is 0 Å². The van der Waals surface area contributed by atoms with Crippen molar-refractivity contribution in [3.05, 3.63) is 48.3 Å². The summed E-state index contributed by atoms with van der Waals surface area (Å²) in [5.41, 5.74) is 2.04. The highest BCUT2D eigenvalue weighted by atomic mass is 16.1. The van der Waals surface area contributed by atoms with Crippen LogP contribution in [0.2, 0.25) is 0 Å². The molecule has 2 aromatic rings. The Hall–Kier alpha value is -2.23. The van der Waals surface area contributed by atoms with Crippen LogP contribution in [0.1, 0.15) is 25.8 Å². The van der Waals surface area contributed by atoms with Crippen molar-refractivity contribution in [2.24, 2.45) is 5.92 Å². The van der Waals surface area contributed by atoms with Gasteiger partial charge in [-0.1, -0.05) is 44.2 Å². The number of carbonyl (C=O) groups is 1. The molecule has 0 spiro atoms. The van der Waals surface area contributed by atoms with Gasteiger partial charge in [0.2, 0.25) is 5.91 Å². The number of amides is 1. The quantitative estimate of drug-likeness (QED) is 0.887. The fraction of sp³-hybridized carbons (Fsp3) is 0.353. The third-order valence-corrected chi connectivity index (χ3v) is 3.07. The lowest BCUT2D eigenvalue weighted by Crippen LogP contribution is -2.26. The maximum atomic E-state index is 11.5. The van der Waals surface area contributed by atoms with Crippen LogP contribution >= 0.6 is 0 Å². The highest BCUT2D eigenvalue weighted by Crippen LogP contribution is 2.13. The first-order chi connectivity index (χ1) is 10.1. The van der Waals surface area contributed by atoms with E-state index in [-0.39, 0.29) is 5.91 Å². The summed E-state index contributed by atoms with van der Waals surface area (Å²) >= 11 is 0. The third-order valence-electron chi connectivity index (χ3n) is 3.07. The number of hydrogen-bond acceptors (Lipinski definition) is 3. The highest BCUT2D eigenvalue weighted by molar-refractivity contribution is 5.76. The standard InChI is InChI=1S/C17H21N3O/c1-13(2)10-16(21)18-9-8-14-11-19-17(20-12-14)15-6-4-3-5-7-15/h3-7,11-13H,8-10H2,1-2H3,(H,18,21). The summed E-state index contributed by atoms with van der Waals surface area (Å²) in [6.07, 6.45) is 4.97. The summed E-state index contributed by atoms with van der Waals surface area (Å²) in [5, 5.41) is 2.91. The Morgan fingerprint density at radius 2 is 1.81 bits per heavy atom. The summed E-state index contributed by atoms with van der Waals surface area (Å²) in [6.45, 7) is 4.70. The Balaban J connectivity index is 1.84. The van der Waals surface area contributed by atoms with Gasteiger partial charge in [0, 0.05) is 30.9 Å². The Morgan fingerprint density at radius 3 is 2.43 bits per heavy atom. The van der Waals surface area contributed by atoms with Crippen LogP contribution in [-0.4, -0.2) is 22.4 Å². The highest BCUT2D eigenvalue weighted by Gasteiger charge is 2.04. The molecule has 0 fully saturated rings. The second-order valence-electron chi connectivity index (χ2n) is 5.48. The molecule has 0 saturated carbocycles. The van der Waals surface area contributed by atoms with Gasteiger partial charge in [0.1, 0.15) is 0 Å². The molecule has 0 aliphatic carbocycles. The molecule has 0 aliphatic heterocycles. The molecule has 1 N–H and O–H groups in total. The van der Waals surface area contributed by atoms with Crippen molar-refractivity contribution in [3.63, 3.8) is 0 Å². The van der Waals surface area contributed by atoms with Crippen molar-refractivity contribution in [2.75, 3.05) is 6.54 Å². The van der Waals surface area contributed by atoms with Gasteiger partial charge in [-0.05, 0) is 17.9 Å². The van der Waals surface area contributed by atoms with Crippen LogP contribution in [-0.2, 0) is 11.2 Å². The zero-order valence-corrected chi connectivity index (χ0v) is 12.5. The molecule has 1 aromatic heterocycles. The second-order valence-corrected chi connectivity index (χ2v) is 5.48. The van der Waals surface area contributed by atoms with Crippen LogP contribution in [0.3, 0.4) is 0 Å². The molecule has 2 rings (SSSR count). The summed E-state index contributed by atoms with van der Waals surface area (Å²) in [7, 11) is 0. The molecular weight excluding hydrogens is 262 g/mol. The Labute approximate surface area is 125 Å². The van der Waals surface area contributed by atoms with E-state index in [2.05, 4.69) is 15.3 Å². The molecule has 0 radical (unpaired) electrons. The first kappa shape index (κ1) is 15.2. The molecular formula is C17H21N3O. The third kappa shape index (κ3) is 4.99. The number of carbonyl (C=O) groups excluding carboxylic acids is 1. The normalized spacial score (nSPS) is 10.6. The van der Waals surface area contributed by atoms with Gasteiger partial charge >= 0.3 is 0 Å². The Kier molecular flexibility index (Phi) is 5.43. The van der Waals surface area contributed by atoms with E-state index < -0.39 is 0 Å². The molecule has 0 saturated heterocycles. The molecule has 1 aromatic carbocycles. The van der Waals surface area contributed by atoms with Crippen LogP contribution in [0.25, 0.3) is 11.4 Å². The van der Waals surface area contributed by atoms with Gasteiger partial charge in [-0.2, -0.15) is 0 Å². The minimum Gasteiger partial charge on any atom is -0.356 e. The minimum atomic E-state index is 0.104. The molecule has 1 amide bonds. The van der Waals surface area contributed by atoms with E-state index in [9.17, 15) is 4.79 Å². The molecule has 21 heavy (non-hydrogen) atoms. The Bertz CT molecular complexity index is 564. The van der Waals surface area contributed by atoms with E-state index >= 15 is 0 Å². The average molecular weight is 283 g/mol. The topological polar surface area (TPSA) is 54.9 Å². The fourth-order valence-corrected chi connectivity index (χ4v) is 2.01. The lowest BCUT2D eigenvalue weighted by molar-refractivity contribution is -0.121. The molecule has 0 unspecified atom stereocenters.